The normalized spacial score (nSPS) is 31.4. The summed E-state index contributed by atoms with van der Waals surface area (Å²) in [4.78, 5) is 44.6. The van der Waals surface area contributed by atoms with Gasteiger partial charge in [-0.1, -0.05) is 29.3 Å². The van der Waals surface area contributed by atoms with Crippen LogP contribution in [0.2, 0.25) is 5.02 Å². The number of benzene rings is 2. The minimum absolute atomic E-state index is 0.115. The lowest BCUT2D eigenvalue weighted by Gasteiger charge is -2.36. The van der Waals surface area contributed by atoms with Gasteiger partial charge in [0.1, 0.15) is 5.54 Å². The van der Waals surface area contributed by atoms with E-state index >= 15 is 0 Å². The van der Waals surface area contributed by atoms with Crippen molar-refractivity contribution < 1.29 is 14.4 Å². The molecule has 31 heavy (non-hydrogen) atoms. The molecule has 4 aliphatic heterocycles. The van der Waals surface area contributed by atoms with Gasteiger partial charge in [0.2, 0.25) is 17.7 Å². The fourth-order valence-electron chi connectivity index (χ4n) is 6.50. The van der Waals surface area contributed by atoms with Gasteiger partial charge >= 0.3 is 0 Å². The zero-order chi connectivity index (χ0) is 21.7. The minimum Gasteiger partial charge on any atom is -0.324 e. The van der Waals surface area contributed by atoms with Gasteiger partial charge in [-0.2, -0.15) is 0 Å². The van der Waals surface area contributed by atoms with Gasteiger partial charge < -0.3 is 5.32 Å². The molecule has 3 amide bonds. The predicted molar refractivity (Wildman–Crippen MR) is 117 cm³/mol. The van der Waals surface area contributed by atoms with Crippen molar-refractivity contribution in [3.05, 3.63) is 58.1 Å². The van der Waals surface area contributed by atoms with E-state index in [1.807, 2.05) is 26.0 Å². The Morgan fingerprint density at radius 3 is 2.55 bits per heavy atom. The smallest absolute Gasteiger partial charge is 0.250 e. The Morgan fingerprint density at radius 1 is 1.06 bits per heavy atom. The second kappa shape index (κ2) is 6.17. The number of anilines is 2. The maximum absolute atomic E-state index is 13.9. The maximum Gasteiger partial charge on any atom is 0.250 e. The third-order valence-electron chi connectivity index (χ3n) is 7.53. The summed E-state index contributed by atoms with van der Waals surface area (Å²) in [7, 11) is 0. The van der Waals surface area contributed by atoms with Crippen LogP contribution in [0.25, 0.3) is 0 Å². The largest absolute Gasteiger partial charge is 0.324 e. The zero-order valence-electron chi connectivity index (χ0n) is 17.3. The SMILES string of the molecule is Cc1cc(C)c2c(c1)[C@]1(C(=O)N2)[C@@H]2C(=O)N(c3ccc(Cl)cc3)C(=O)[C@@H]2[C@@H]2CCCN21. The molecule has 2 aromatic carbocycles. The first-order valence-electron chi connectivity index (χ1n) is 10.7. The molecule has 1 N–H and O–H groups in total. The van der Waals surface area contributed by atoms with E-state index in [1.165, 1.54) is 4.90 Å². The van der Waals surface area contributed by atoms with Crippen LogP contribution < -0.4 is 10.2 Å². The molecule has 2 aromatic rings. The number of amides is 3. The van der Waals surface area contributed by atoms with Crippen LogP contribution in [0.5, 0.6) is 0 Å². The molecule has 4 aliphatic rings. The third-order valence-corrected chi connectivity index (χ3v) is 7.78. The molecule has 158 valence electrons. The van der Waals surface area contributed by atoms with Crippen molar-refractivity contribution in [1.29, 1.82) is 0 Å². The topological polar surface area (TPSA) is 69.7 Å². The van der Waals surface area contributed by atoms with Gasteiger partial charge in [-0.3, -0.25) is 19.3 Å². The van der Waals surface area contributed by atoms with Crippen LogP contribution in [0.15, 0.2) is 36.4 Å². The summed E-state index contributed by atoms with van der Waals surface area (Å²) >= 11 is 6.02. The van der Waals surface area contributed by atoms with Crippen LogP contribution in [-0.4, -0.2) is 35.2 Å². The van der Waals surface area contributed by atoms with Crippen LogP contribution in [0.1, 0.15) is 29.5 Å². The number of hydrogen-bond acceptors (Lipinski definition) is 4. The van der Waals surface area contributed by atoms with Crippen molar-refractivity contribution >= 4 is 40.7 Å². The number of rotatable bonds is 1. The number of carbonyl (C=O) groups is 3. The van der Waals surface area contributed by atoms with Gasteiger partial charge in [-0.15, -0.1) is 0 Å². The number of fused-ring (bicyclic) bond motifs is 7. The quantitative estimate of drug-likeness (QED) is 0.697. The predicted octanol–water partition coefficient (Wildman–Crippen LogP) is 3.39. The fraction of sp³-hybridized carbons (Fsp3) is 0.375. The molecule has 7 heteroatoms. The van der Waals surface area contributed by atoms with Crippen LogP contribution in [-0.2, 0) is 19.9 Å². The third kappa shape index (κ3) is 2.19. The Balaban J connectivity index is 1.57. The molecule has 0 saturated carbocycles. The minimum atomic E-state index is -1.13. The number of hydrogen-bond donors (Lipinski definition) is 1. The molecule has 6 rings (SSSR count). The summed E-state index contributed by atoms with van der Waals surface area (Å²) in [5.74, 6) is -1.95. The molecule has 3 fully saturated rings. The number of carbonyl (C=O) groups excluding carboxylic acids is 3. The molecule has 1 spiro atoms. The van der Waals surface area contributed by atoms with E-state index in [2.05, 4.69) is 10.2 Å². The van der Waals surface area contributed by atoms with Crippen LogP contribution >= 0.6 is 11.6 Å². The number of halogens is 1. The standard InChI is InChI=1S/C24H22ClN3O3/c1-12-10-13(2)20-16(11-12)24(23(31)26-20)19-18(17-4-3-9-27(17)24)21(29)28(22(19)30)15-7-5-14(25)6-8-15/h5-8,10-11,17-19H,3-4,9H2,1-2H3,(H,26,31)/t17-,18+,19-,24+/m0/s1. The van der Waals surface area contributed by atoms with Crippen molar-refractivity contribution in [3.63, 3.8) is 0 Å². The molecule has 0 aliphatic carbocycles. The number of nitrogens with zero attached hydrogens (tertiary/aromatic N) is 2. The first-order chi connectivity index (χ1) is 14.9. The van der Waals surface area contributed by atoms with Crippen LogP contribution in [0, 0.1) is 25.7 Å². The molecule has 0 radical (unpaired) electrons. The molecule has 4 atom stereocenters. The Kier molecular flexibility index (Phi) is 3.79. The first kappa shape index (κ1) is 19.0. The summed E-state index contributed by atoms with van der Waals surface area (Å²) in [5, 5.41) is 3.61. The summed E-state index contributed by atoms with van der Waals surface area (Å²) in [6.07, 6.45) is 1.72. The molecular weight excluding hydrogens is 414 g/mol. The van der Waals surface area contributed by atoms with Crippen molar-refractivity contribution in [2.75, 3.05) is 16.8 Å². The molecule has 0 bridgehead atoms. The van der Waals surface area contributed by atoms with Gasteiger partial charge in [-0.05, 0) is 63.1 Å². The lowest BCUT2D eigenvalue weighted by molar-refractivity contribution is -0.135. The van der Waals surface area contributed by atoms with E-state index in [-0.39, 0.29) is 23.8 Å². The van der Waals surface area contributed by atoms with E-state index in [0.717, 1.165) is 35.2 Å². The van der Waals surface area contributed by atoms with Crippen molar-refractivity contribution in [1.82, 2.24) is 4.90 Å². The summed E-state index contributed by atoms with van der Waals surface area (Å²) in [5.41, 5.74) is 3.02. The lowest BCUT2D eigenvalue weighted by atomic mass is 9.75. The average molecular weight is 436 g/mol. The fourth-order valence-corrected chi connectivity index (χ4v) is 6.63. The Morgan fingerprint density at radius 2 is 1.81 bits per heavy atom. The highest BCUT2D eigenvalue weighted by molar-refractivity contribution is 6.31. The second-order valence-corrected chi connectivity index (χ2v) is 9.56. The average Bonchev–Trinajstić information content (AvgIpc) is 3.42. The van der Waals surface area contributed by atoms with E-state index in [0.29, 0.717) is 17.3 Å². The highest BCUT2D eigenvalue weighted by atomic mass is 35.5. The van der Waals surface area contributed by atoms with E-state index < -0.39 is 17.4 Å². The Labute approximate surface area is 185 Å². The van der Waals surface area contributed by atoms with Gasteiger partial charge in [-0.25, -0.2) is 4.90 Å². The van der Waals surface area contributed by atoms with Crippen LogP contribution in [0.3, 0.4) is 0 Å². The van der Waals surface area contributed by atoms with Crippen LogP contribution in [0.4, 0.5) is 11.4 Å². The zero-order valence-corrected chi connectivity index (χ0v) is 18.1. The highest BCUT2D eigenvalue weighted by Crippen LogP contribution is 2.61. The van der Waals surface area contributed by atoms with Crippen molar-refractivity contribution in [3.8, 4) is 0 Å². The van der Waals surface area contributed by atoms with E-state index in [1.54, 1.807) is 24.3 Å². The summed E-state index contributed by atoms with van der Waals surface area (Å²) < 4.78 is 0. The maximum atomic E-state index is 13.9. The van der Waals surface area contributed by atoms with E-state index in [9.17, 15) is 14.4 Å². The monoisotopic (exact) mass is 435 g/mol. The Hall–Kier alpha value is -2.70. The number of aryl methyl sites for hydroxylation is 2. The van der Waals surface area contributed by atoms with Crippen molar-refractivity contribution in [2.45, 2.75) is 38.3 Å². The Bertz CT molecular complexity index is 1180. The molecule has 6 nitrogen and oxygen atoms in total. The van der Waals surface area contributed by atoms with Crippen molar-refractivity contribution in [2.24, 2.45) is 11.8 Å². The molecular formula is C24H22ClN3O3. The highest BCUT2D eigenvalue weighted by Gasteiger charge is 2.74. The van der Waals surface area contributed by atoms with Gasteiger partial charge in [0.15, 0.2) is 0 Å². The second-order valence-electron chi connectivity index (χ2n) is 9.12. The van der Waals surface area contributed by atoms with E-state index in [4.69, 9.17) is 11.6 Å². The number of nitrogens with one attached hydrogen (secondary N) is 1. The summed E-state index contributed by atoms with van der Waals surface area (Å²) in [6.45, 7) is 4.68. The van der Waals surface area contributed by atoms with Gasteiger partial charge in [0.25, 0.3) is 0 Å². The first-order valence-corrected chi connectivity index (χ1v) is 11.1. The number of imide groups is 1. The molecule has 0 unspecified atom stereocenters. The molecule has 4 heterocycles. The van der Waals surface area contributed by atoms with Gasteiger partial charge in [0.05, 0.1) is 17.5 Å². The molecule has 0 aromatic heterocycles. The molecule has 3 saturated heterocycles. The lowest BCUT2D eigenvalue weighted by Crippen LogP contribution is -2.54. The van der Waals surface area contributed by atoms with Gasteiger partial charge in [0, 0.05) is 22.3 Å². The summed E-state index contributed by atoms with van der Waals surface area (Å²) in [6, 6.07) is 10.7.